The van der Waals surface area contributed by atoms with Gasteiger partial charge in [-0.2, -0.15) is 10.2 Å². The second-order valence-corrected chi connectivity index (χ2v) is 26.1. The Bertz CT molecular complexity index is 3210. The summed E-state index contributed by atoms with van der Waals surface area (Å²) in [6, 6.07) is 22.7. The number of hydrogen-bond donors (Lipinski definition) is 3. The first kappa shape index (κ1) is 67.8. The van der Waals surface area contributed by atoms with E-state index >= 15 is 0 Å². The van der Waals surface area contributed by atoms with E-state index in [0.29, 0.717) is 34.1 Å². The third-order valence-corrected chi connectivity index (χ3v) is 20.2. The highest BCUT2D eigenvalue weighted by molar-refractivity contribution is 6.35. The molecule has 2 saturated carbocycles. The van der Waals surface area contributed by atoms with Crippen LogP contribution in [0.4, 0.5) is 5.69 Å². The number of nitrogens with zero attached hydrogens (tertiary/aromatic N) is 12. The molecule has 14 rings (SSSR count). The van der Waals surface area contributed by atoms with Crippen molar-refractivity contribution in [1.29, 1.82) is 0 Å². The van der Waals surface area contributed by atoms with E-state index in [9.17, 15) is 19.8 Å². The first-order chi connectivity index (χ1) is 44.6. The molecule has 5 saturated heterocycles. The minimum Gasteiger partial charge on any atom is -0.477 e. The predicted octanol–water partition coefficient (Wildman–Crippen LogP) is 12.1. The Kier molecular flexibility index (Phi) is 25.9. The molecule has 3 N–H and O–H groups in total. The number of piperidine rings is 2. The van der Waals surface area contributed by atoms with Crippen LogP contribution in [0.5, 0.6) is 0 Å². The van der Waals surface area contributed by atoms with Crippen molar-refractivity contribution in [2.45, 2.75) is 142 Å². The van der Waals surface area contributed by atoms with E-state index in [0.717, 1.165) is 162 Å². The molecule has 10 heterocycles. The Morgan fingerprint density at radius 1 is 0.571 bits per heavy atom. The Hall–Kier alpha value is -6.06. The summed E-state index contributed by atoms with van der Waals surface area (Å²) >= 11 is 6.38. The van der Waals surface area contributed by atoms with Crippen molar-refractivity contribution in [2.24, 2.45) is 16.8 Å². The number of aromatic nitrogens is 6. The van der Waals surface area contributed by atoms with Crippen LogP contribution in [0.15, 0.2) is 77.8 Å². The maximum absolute atomic E-state index is 12.1. The second-order valence-electron chi connectivity index (χ2n) is 25.7. The van der Waals surface area contributed by atoms with Gasteiger partial charge in [-0.05, 0) is 178 Å². The fourth-order valence-electron chi connectivity index (χ4n) is 13.7. The van der Waals surface area contributed by atoms with Crippen molar-refractivity contribution in [3.8, 4) is 11.4 Å². The Labute approximate surface area is 544 Å². The molecule has 20 heteroatoms. The summed E-state index contributed by atoms with van der Waals surface area (Å²) in [5, 5.41) is 34.6. The number of carboxylic acid groups (broad SMARTS) is 2. The zero-order valence-electron chi connectivity index (χ0n) is 54.7. The Balaban J connectivity index is 0.000000140. The van der Waals surface area contributed by atoms with Gasteiger partial charge in [0.2, 0.25) is 0 Å². The lowest BCUT2D eigenvalue weighted by atomic mass is 9.81. The van der Waals surface area contributed by atoms with E-state index in [1.54, 1.807) is 10.7 Å². The molecular formula is C71H102ClN13O6. The number of ether oxygens (including phenoxy) is 2. The fraction of sp³-hybridized carbons (Fsp3) is 0.620. The van der Waals surface area contributed by atoms with Gasteiger partial charge in [0.25, 0.3) is 0 Å². The highest BCUT2D eigenvalue weighted by atomic mass is 35.5. The van der Waals surface area contributed by atoms with Gasteiger partial charge >= 0.3 is 11.9 Å². The maximum atomic E-state index is 12.1. The van der Waals surface area contributed by atoms with E-state index in [4.69, 9.17) is 31.3 Å². The van der Waals surface area contributed by atoms with Crippen molar-refractivity contribution in [3.63, 3.8) is 0 Å². The van der Waals surface area contributed by atoms with Crippen LogP contribution in [0, 0.1) is 11.8 Å². The number of aromatic carboxylic acids is 2. The number of benzene rings is 2. The van der Waals surface area contributed by atoms with Crippen LogP contribution in [0.1, 0.15) is 174 Å². The van der Waals surface area contributed by atoms with Crippen LogP contribution in [0.3, 0.4) is 0 Å². The molecule has 7 fully saturated rings. The Morgan fingerprint density at radius 2 is 1.07 bits per heavy atom. The molecule has 19 nitrogen and oxygen atoms in total. The van der Waals surface area contributed by atoms with Gasteiger partial charge in [-0.3, -0.25) is 14.8 Å². The number of nitrogens with one attached hydrogen (secondary N) is 1. The number of hydrogen-bond acceptors (Lipinski definition) is 15. The van der Waals surface area contributed by atoms with Crippen molar-refractivity contribution < 1.29 is 29.3 Å². The average Bonchev–Trinajstić information content (AvgIpc) is 1.66. The molecule has 0 atom stereocenters. The van der Waals surface area contributed by atoms with Crippen LogP contribution in [-0.4, -0.2) is 208 Å². The molecule has 8 aliphatic rings. The molecule has 494 valence electrons. The number of carbonyl (C=O) groups is 2. The normalized spacial score (nSPS) is 19.6. The number of rotatable bonds is 16. The van der Waals surface area contributed by atoms with Crippen LogP contribution >= 0.6 is 11.6 Å². The second kappa shape index (κ2) is 34.7. The minimum atomic E-state index is -1.10. The van der Waals surface area contributed by atoms with Gasteiger partial charge in [-0.15, -0.1) is 0 Å². The third-order valence-electron chi connectivity index (χ3n) is 19.9. The number of morpholine rings is 2. The van der Waals surface area contributed by atoms with Crippen LogP contribution < -0.4 is 10.2 Å². The standard InChI is InChI=1S/C28H35N5O3.C17H14ClN3O2.C11H22N2O.C9H16N2.C6H15N/c34-28(35)23-19-24(32-13-10-20(11-14-32)9-12-31-15-17-36-18-16-31)25-26(21-5-4-6-21)30-33(27(25)29-23)22-7-2-1-3-8-22;18-12-9-13(17(22)23)19-16-14(12)15(10-5-4-6-10)20-21(16)11-7-2-1-3-8-11;1-4-12-5-2-11(1)3-6-13-7-9-14-10-8-13;1-2-5-9-10-6-4-8-11(9)7-3-1;1-4-7(5-2)6-3/h1-3,7-8,19-21H,4-6,9-18H2,(H,34,35);1-3,7-10H,4-6H2,(H,22,23);11-12H,1-10H2;1-8H2;4-6H2,1-3H3. The largest absolute Gasteiger partial charge is 0.477 e. The smallest absolute Gasteiger partial charge is 0.354 e. The summed E-state index contributed by atoms with van der Waals surface area (Å²) in [7, 11) is 0. The zero-order valence-corrected chi connectivity index (χ0v) is 55.4. The number of pyridine rings is 2. The topological polar surface area (TPSA) is 195 Å². The lowest BCUT2D eigenvalue weighted by Crippen LogP contribution is -2.39. The molecule has 0 bridgehead atoms. The summed E-state index contributed by atoms with van der Waals surface area (Å²) in [6.07, 6.45) is 21.1. The number of anilines is 1. The summed E-state index contributed by atoms with van der Waals surface area (Å²) in [5.74, 6) is 1.77. The molecular weight excluding hydrogens is 1170 g/mol. The van der Waals surface area contributed by atoms with Crippen LogP contribution in [0.25, 0.3) is 33.4 Å². The lowest BCUT2D eigenvalue weighted by Gasteiger charge is -2.36. The molecule has 6 aliphatic heterocycles. The quantitative estimate of drug-likeness (QED) is 0.0827. The van der Waals surface area contributed by atoms with E-state index in [1.165, 1.54) is 135 Å². The van der Waals surface area contributed by atoms with Crippen molar-refractivity contribution in [1.82, 2.24) is 54.4 Å². The summed E-state index contributed by atoms with van der Waals surface area (Å²) in [5.41, 5.74) is 5.93. The van der Waals surface area contributed by atoms with E-state index in [2.05, 4.69) is 65.5 Å². The Morgan fingerprint density at radius 3 is 1.56 bits per heavy atom. The highest BCUT2D eigenvalue weighted by Gasteiger charge is 2.33. The van der Waals surface area contributed by atoms with Gasteiger partial charge < -0.3 is 39.7 Å². The molecule has 91 heavy (non-hydrogen) atoms. The molecule has 2 aliphatic carbocycles. The van der Waals surface area contributed by atoms with Crippen molar-refractivity contribution in [3.05, 3.63) is 101 Å². The highest BCUT2D eigenvalue weighted by Crippen LogP contribution is 2.44. The van der Waals surface area contributed by atoms with Gasteiger partial charge in [0.1, 0.15) is 0 Å². The SMILES string of the molecule is C1CC(CCN2CCOCC2)CCN1.C1CCC2=NCCCN2CC1.CCN(CC)CC.O=C(O)c1cc(Cl)c2c(C3CCC3)nn(-c3ccccc3)c2n1.O=C(O)c1cc(N2CCC(CCN3CCOCC3)CC2)c2c(C3CCC3)nn(-c3ccccc3)c2n1. The summed E-state index contributed by atoms with van der Waals surface area (Å²) < 4.78 is 14.4. The molecule has 0 radical (unpaired) electrons. The third kappa shape index (κ3) is 18.4. The average molecular weight is 1270 g/mol. The molecule has 6 aromatic rings. The lowest BCUT2D eigenvalue weighted by molar-refractivity contribution is 0.0347. The van der Waals surface area contributed by atoms with Crippen molar-refractivity contribution >= 4 is 57.1 Å². The van der Waals surface area contributed by atoms with Gasteiger partial charge in [0, 0.05) is 77.2 Å². The maximum Gasteiger partial charge on any atom is 0.354 e. The molecule has 4 aromatic heterocycles. The van der Waals surface area contributed by atoms with Crippen LogP contribution in [0.2, 0.25) is 5.02 Å². The van der Waals surface area contributed by atoms with Crippen LogP contribution in [-0.2, 0) is 9.47 Å². The monoisotopic (exact) mass is 1270 g/mol. The summed E-state index contributed by atoms with van der Waals surface area (Å²) in [4.78, 5) is 49.2. The number of halogens is 1. The molecule has 0 spiro atoms. The predicted molar refractivity (Wildman–Crippen MR) is 365 cm³/mol. The number of fused-ring (bicyclic) bond motifs is 3. The van der Waals surface area contributed by atoms with E-state index in [1.807, 2.05) is 65.3 Å². The molecule has 0 unspecified atom stereocenters. The molecule has 0 amide bonds. The number of carboxylic acids is 2. The summed E-state index contributed by atoms with van der Waals surface area (Å²) in [6.45, 7) is 28.4. The fourth-order valence-corrected chi connectivity index (χ4v) is 14.0. The first-order valence-electron chi connectivity index (χ1n) is 34.8. The number of aliphatic imine (C=N–C) groups is 1. The first-order valence-corrected chi connectivity index (χ1v) is 35.1. The minimum absolute atomic E-state index is 0.0697. The number of para-hydroxylation sites is 2. The van der Waals surface area contributed by atoms with Gasteiger partial charge in [0.05, 0.1) is 76.5 Å². The van der Waals surface area contributed by atoms with Crippen molar-refractivity contribution in [2.75, 3.05) is 136 Å². The van der Waals surface area contributed by atoms with E-state index in [-0.39, 0.29) is 11.4 Å². The van der Waals surface area contributed by atoms with Gasteiger partial charge in [-0.1, -0.05) is 88.0 Å². The van der Waals surface area contributed by atoms with Gasteiger partial charge in [-0.25, -0.2) is 28.9 Å². The van der Waals surface area contributed by atoms with E-state index < -0.39 is 11.9 Å². The zero-order chi connectivity index (χ0) is 63.3. The van der Waals surface area contributed by atoms with Gasteiger partial charge in [0.15, 0.2) is 22.7 Å². The number of amidine groups is 1. The molecule has 2 aromatic carbocycles.